The molecule has 0 radical (unpaired) electrons. The maximum atomic E-state index is 12.9. The van der Waals surface area contributed by atoms with Gasteiger partial charge in [-0.1, -0.05) is 212 Å². The average molecular weight is 1050 g/mol. The summed E-state index contributed by atoms with van der Waals surface area (Å²) in [5, 5.41) is 9.53. The summed E-state index contributed by atoms with van der Waals surface area (Å²) in [6.45, 7) is 3.81. The number of urea groups is 1. The molecule has 14 heteroatoms. The lowest BCUT2D eigenvalue weighted by Crippen LogP contribution is -2.36. The molecule has 73 heavy (non-hydrogen) atoms. The predicted molar refractivity (Wildman–Crippen MR) is 297 cm³/mol. The van der Waals surface area contributed by atoms with E-state index in [1.807, 2.05) is 11.8 Å². The molecule has 2 saturated heterocycles. The van der Waals surface area contributed by atoms with Crippen LogP contribution in [-0.2, 0) is 42.9 Å². The number of hydrogen-bond donors (Lipinski definition) is 3. The van der Waals surface area contributed by atoms with Crippen LogP contribution in [-0.4, -0.2) is 91.9 Å². The lowest BCUT2D eigenvalue weighted by Gasteiger charge is -2.18. The van der Waals surface area contributed by atoms with E-state index in [4.69, 9.17) is 18.9 Å². The van der Waals surface area contributed by atoms with Crippen molar-refractivity contribution in [2.24, 2.45) is 0 Å². The second-order valence-corrected chi connectivity index (χ2v) is 22.6. The molecule has 0 spiro atoms. The summed E-state index contributed by atoms with van der Waals surface area (Å²) in [7, 11) is 0. The quantitative estimate of drug-likeness (QED) is 0.0174. The van der Waals surface area contributed by atoms with Gasteiger partial charge in [-0.05, 0) is 44.9 Å². The number of amides is 3. The molecule has 424 valence electrons. The number of nitrogens with one attached hydrogen (secondary N) is 3. The first-order chi connectivity index (χ1) is 35.8. The summed E-state index contributed by atoms with van der Waals surface area (Å²) in [5.41, 5.74) is 0. The predicted octanol–water partition coefficient (Wildman–Crippen LogP) is 14.2. The lowest BCUT2D eigenvalue weighted by molar-refractivity contribution is -0.167. The van der Waals surface area contributed by atoms with Crippen LogP contribution in [0, 0.1) is 0 Å². The molecule has 2 rings (SSSR count). The van der Waals surface area contributed by atoms with Crippen molar-refractivity contribution in [3.8, 4) is 0 Å². The molecule has 2 fully saturated rings. The number of unbranched alkanes of at least 4 members (excludes halogenated alkanes) is 34. The van der Waals surface area contributed by atoms with E-state index >= 15 is 0 Å². The first kappa shape index (κ1) is 66.1. The van der Waals surface area contributed by atoms with Crippen LogP contribution < -0.4 is 16.0 Å². The lowest BCUT2D eigenvalue weighted by atomic mass is 10.0. The van der Waals surface area contributed by atoms with Crippen LogP contribution in [0.1, 0.15) is 283 Å². The van der Waals surface area contributed by atoms with Crippen molar-refractivity contribution in [2.75, 3.05) is 32.1 Å². The molecule has 0 saturated carbocycles. The van der Waals surface area contributed by atoms with Crippen LogP contribution >= 0.6 is 11.8 Å². The van der Waals surface area contributed by atoms with E-state index in [2.05, 4.69) is 22.9 Å². The van der Waals surface area contributed by atoms with Crippen LogP contribution in [0.25, 0.3) is 0 Å². The fourth-order valence-electron chi connectivity index (χ4n) is 10.0. The number of hydrogen-bond acceptors (Lipinski definition) is 11. The SMILES string of the molecule is CCCCCCCCCCCCCCCCCC(=O)OCC(COC(=O)CCCCCCCCCCCNC(=O)CCCCC1SCC2NC(=O)NC21)OC(=O)CCCCCCCCCCCCCCOC=O. The maximum Gasteiger partial charge on any atom is 0.315 e. The van der Waals surface area contributed by atoms with Crippen LogP contribution in [0.2, 0.25) is 0 Å². The second-order valence-electron chi connectivity index (χ2n) is 21.3. The van der Waals surface area contributed by atoms with Crippen LogP contribution in [0.3, 0.4) is 0 Å². The summed E-state index contributed by atoms with van der Waals surface area (Å²) >= 11 is 1.92. The normalized spacial score (nSPS) is 16.3. The Morgan fingerprint density at radius 2 is 0.945 bits per heavy atom. The Bertz CT molecular complexity index is 1390. The highest BCUT2D eigenvalue weighted by atomic mass is 32.2. The fraction of sp³-hybridized carbons (Fsp3) is 0.898. The summed E-state index contributed by atoms with van der Waals surface area (Å²) in [6, 6.07) is 0.426. The van der Waals surface area contributed by atoms with Gasteiger partial charge >= 0.3 is 23.9 Å². The molecule has 0 bridgehead atoms. The summed E-state index contributed by atoms with van der Waals surface area (Å²) in [4.78, 5) is 72.3. The molecule has 0 aliphatic carbocycles. The van der Waals surface area contributed by atoms with Gasteiger partial charge in [0.15, 0.2) is 6.10 Å². The zero-order chi connectivity index (χ0) is 52.5. The largest absolute Gasteiger partial charge is 0.468 e. The van der Waals surface area contributed by atoms with E-state index < -0.39 is 6.10 Å². The first-order valence-electron chi connectivity index (χ1n) is 30.3. The van der Waals surface area contributed by atoms with Crippen molar-refractivity contribution >= 4 is 48.1 Å². The second kappa shape index (κ2) is 48.6. The van der Waals surface area contributed by atoms with Crippen molar-refractivity contribution < 1.29 is 47.7 Å². The topological polar surface area (TPSA) is 175 Å². The van der Waals surface area contributed by atoms with Gasteiger partial charge in [-0.15, -0.1) is 0 Å². The number of ether oxygens (including phenoxy) is 4. The Morgan fingerprint density at radius 1 is 0.534 bits per heavy atom. The van der Waals surface area contributed by atoms with E-state index in [0.717, 1.165) is 141 Å². The number of carbonyl (C=O) groups excluding carboxylic acids is 6. The Morgan fingerprint density at radius 3 is 1.41 bits per heavy atom. The highest BCUT2D eigenvalue weighted by Gasteiger charge is 2.42. The van der Waals surface area contributed by atoms with Gasteiger partial charge in [-0.3, -0.25) is 24.0 Å². The van der Waals surface area contributed by atoms with Gasteiger partial charge in [0.25, 0.3) is 6.47 Å². The van der Waals surface area contributed by atoms with Crippen LogP contribution in [0.4, 0.5) is 4.79 Å². The molecule has 4 atom stereocenters. The molecule has 2 heterocycles. The number of thioether (sulfide) groups is 1. The minimum atomic E-state index is -0.815. The molecule has 4 unspecified atom stereocenters. The molecule has 3 N–H and O–H groups in total. The standard InChI is InChI=1S/C59H107N3O10S/c1-2-3-4-5-6-7-8-9-10-11-14-18-23-28-33-42-55(65)70-47-51(72-57(67)44-35-30-25-19-15-12-13-16-22-27-32-39-46-69-50-63)48-71-56(66)43-34-29-24-20-17-21-26-31-38-45-60-54(64)41-37-36-40-53-58-52(49-73-53)61-59(68)62-58/h50-53,58H,2-49H2,1H3,(H,60,64)(H2,61,62,68). The molecule has 0 aromatic carbocycles. The molecular formula is C59H107N3O10S. The van der Waals surface area contributed by atoms with Crippen molar-refractivity contribution in [3.63, 3.8) is 0 Å². The zero-order valence-electron chi connectivity index (χ0n) is 46.3. The van der Waals surface area contributed by atoms with E-state index in [9.17, 15) is 28.8 Å². The van der Waals surface area contributed by atoms with E-state index in [-0.39, 0.29) is 55.1 Å². The van der Waals surface area contributed by atoms with Crippen molar-refractivity contribution in [3.05, 3.63) is 0 Å². The number of carbonyl (C=O) groups is 6. The minimum absolute atomic E-state index is 0.0518. The third-order valence-corrected chi connectivity index (χ3v) is 16.1. The first-order valence-corrected chi connectivity index (χ1v) is 31.4. The van der Waals surface area contributed by atoms with Gasteiger partial charge in [0.1, 0.15) is 13.2 Å². The van der Waals surface area contributed by atoms with Crippen molar-refractivity contribution in [1.82, 2.24) is 16.0 Å². The summed E-state index contributed by atoms with van der Waals surface area (Å²) in [6.07, 6.45) is 45.3. The molecule has 3 amide bonds. The van der Waals surface area contributed by atoms with Gasteiger partial charge < -0.3 is 34.9 Å². The van der Waals surface area contributed by atoms with Gasteiger partial charge in [0, 0.05) is 43.2 Å². The van der Waals surface area contributed by atoms with Crippen molar-refractivity contribution in [2.45, 2.75) is 306 Å². The third-order valence-electron chi connectivity index (χ3n) is 14.6. The maximum absolute atomic E-state index is 12.9. The minimum Gasteiger partial charge on any atom is -0.468 e. The smallest absolute Gasteiger partial charge is 0.315 e. The fourth-order valence-corrected chi connectivity index (χ4v) is 11.6. The molecule has 0 aromatic rings. The van der Waals surface area contributed by atoms with Gasteiger partial charge in [0.2, 0.25) is 5.91 Å². The molecule has 0 aromatic heterocycles. The average Bonchev–Trinajstić information content (AvgIpc) is 3.95. The number of fused-ring (bicyclic) bond motifs is 1. The van der Waals surface area contributed by atoms with E-state index in [0.29, 0.717) is 44.0 Å². The molecule has 13 nitrogen and oxygen atoms in total. The van der Waals surface area contributed by atoms with E-state index in [1.54, 1.807) is 0 Å². The Balaban J connectivity index is 1.52. The zero-order valence-corrected chi connectivity index (χ0v) is 47.1. The summed E-state index contributed by atoms with van der Waals surface area (Å²) < 4.78 is 21.6. The number of rotatable bonds is 54. The third kappa shape index (κ3) is 40.0. The molecule has 2 aliphatic rings. The summed E-state index contributed by atoms with van der Waals surface area (Å²) in [5.74, 6) is 0.129. The van der Waals surface area contributed by atoms with Crippen LogP contribution in [0.15, 0.2) is 0 Å². The Hall–Kier alpha value is -3.03. The van der Waals surface area contributed by atoms with Gasteiger partial charge in [-0.25, -0.2) is 4.79 Å². The monoisotopic (exact) mass is 1050 g/mol. The Kier molecular flexibility index (Phi) is 44.0. The number of esters is 3. The highest BCUT2D eigenvalue weighted by Crippen LogP contribution is 2.33. The molecule has 2 aliphatic heterocycles. The Labute approximate surface area is 448 Å². The van der Waals surface area contributed by atoms with E-state index in [1.165, 1.54) is 122 Å². The van der Waals surface area contributed by atoms with Gasteiger partial charge in [-0.2, -0.15) is 11.8 Å². The van der Waals surface area contributed by atoms with Crippen LogP contribution in [0.5, 0.6) is 0 Å². The van der Waals surface area contributed by atoms with Gasteiger partial charge in [0.05, 0.1) is 18.7 Å². The molecular weight excluding hydrogens is 943 g/mol. The highest BCUT2D eigenvalue weighted by molar-refractivity contribution is 8.00. The van der Waals surface area contributed by atoms with Crippen molar-refractivity contribution in [1.29, 1.82) is 0 Å².